The maximum atomic E-state index is 8.99. The van der Waals surface area contributed by atoms with E-state index in [0.29, 0.717) is 10.6 Å². The summed E-state index contributed by atoms with van der Waals surface area (Å²) < 4.78 is 1.06. The molecular formula is C13H11BrN2S. The molecule has 2 rings (SSSR count). The summed E-state index contributed by atoms with van der Waals surface area (Å²) in [7, 11) is 0. The van der Waals surface area contributed by atoms with E-state index < -0.39 is 0 Å². The van der Waals surface area contributed by atoms with Crippen LogP contribution in [-0.4, -0.2) is 0 Å². The molecule has 1 heterocycles. The van der Waals surface area contributed by atoms with Gasteiger partial charge in [0.1, 0.15) is 10.9 Å². The van der Waals surface area contributed by atoms with Gasteiger partial charge in [0.25, 0.3) is 0 Å². The predicted octanol–water partition coefficient (Wildman–Crippen LogP) is 4.25. The quantitative estimate of drug-likeness (QED) is 0.856. The van der Waals surface area contributed by atoms with Gasteiger partial charge in [0.15, 0.2) is 0 Å². The van der Waals surface area contributed by atoms with Crippen LogP contribution < -0.4 is 5.73 Å². The minimum Gasteiger partial charge on any atom is -0.397 e. The van der Waals surface area contributed by atoms with Crippen LogP contribution >= 0.6 is 27.3 Å². The van der Waals surface area contributed by atoms with Gasteiger partial charge in [0.2, 0.25) is 0 Å². The van der Waals surface area contributed by atoms with E-state index in [1.807, 2.05) is 13.0 Å². The Morgan fingerprint density at radius 1 is 1.35 bits per heavy atom. The van der Waals surface area contributed by atoms with Crippen LogP contribution in [0.5, 0.6) is 0 Å². The molecule has 0 aliphatic carbocycles. The van der Waals surface area contributed by atoms with Gasteiger partial charge in [0, 0.05) is 9.35 Å². The van der Waals surface area contributed by atoms with Crippen molar-refractivity contribution < 1.29 is 0 Å². The van der Waals surface area contributed by atoms with Gasteiger partial charge in [0.05, 0.1) is 5.69 Å². The summed E-state index contributed by atoms with van der Waals surface area (Å²) >= 11 is 4.90. The number of benzene rings is 1. The van der Waals surface area contributed by atoms with Crippen LogP contribution in [0.2, 0.25) is 0 Å². The third-order valence-corrected chi connectivity index (χ3v) is 4.47. The monoisotopic (exact) mass is 306 g/mol. The Balaban J connectivity index is 2.65. The molecule has 17 heavy (non-hydrogen) atoms. The SMILES string of the molecule is Cc1cc(Br)ccc1-c1sc(C#N)c(N)c1C. The molecule has 86 valence electrons. The molecule has 0 saturated heterocycles. The van der Waals surface area contributed by atoms with Crippen molar-refractivity contribution in [2.75, 3.05) is 5.73 Å². The smallest absolute Gasteiger partial charge is 0.128 e. The molecule has 0 atom stereocenters. The van der Waals surface area contributed by atoms with E-state index in [1.54, 1.807) is 0 Å². The number of rotatable bonds is 1. The molecule has 0 spiro atoms. The average molecular weight is 307 g/mol. The zero-order valence-corrected chi connectivity index (χ0v) is 11.9. The Kier molecular flexibility index (Phi) is 3.23. The van der Waals surface area contributed by atoms with Gasteiger partial charge < -0.3 is 5.73 Å². The van der Waals surface area contributed by atoms with Crippen LogP contribution in [0.1, 0.15) is 16.0 Å². The number of nitriles is 1. The van der Waals surface area contributed by atoms with Crippen LogP contribution in [0.3, 0.4) is 0 Å². The maximum Gasteiger partial charge on any atom is 0.128 e. The van der Waals surface area contributed by atoms with Crippen molar-refractivity contribution in [2.24, 2.45) is 0 Å². The van der Waals surface area contributed by atoms with Gasteiger partial charge in [-0.15, -0.1) is 11.3 Å². The van der Waals surface area contributed by atoms with Crippen molar-refractivity contribution in [3.05, 3.63) is 38.7 Å². The van der Waals surface area contributed by atoms with Gasteiger partial charge in [-0.25, -0.2) is 0 Å². The second kappa shape index (κ2) is 4.52. The first-order chi connectivity index (χ1) is 8.04. The molecule has 1 aromatic carbocycles. The Hall–Kier alpha value is -1.31. The van der Waals surface area contributed by atoms with E-state index in [2.05, 4.69) is 41.1 Å². The molecule has 0 amide bonds. The summed E-state index contributed by atoms with van der Waals surface area (Å²) in [6, 6.07) is 8.27. The van der Waals surface area contributed by atoms with Gasteiger partial charge >= 0.3 is 0 Å². The van der Waals surface area contributed by atoms with Gasteiger partial charge in [-0.3, -0.25) is 0 Å². The molecule has 0 aliphatic heterocycles. The summed E-state index contributed by atoms with van der Waals surface area (Å²) in [6.45, 7) is 4.02. The number of nitrogens with zero attached hydrogens (tertiary/aromatic N) is 1. The number of nitrogen functional groups attached to an aromatic ring is 1. The molecule has 2 N–H and O–H groups in total. The van der Waals surface area contributed by atoms with E-state index in [9.17, 15) is 0 Å². The first-order valence-corrected chi connectivity index (χ1v) is 6.71. The third kappa shape index (κ3) is 2.08. The Morgan fingerprint density at radius 3 is 2.59 bits per heavy atom. The molecule has 2 aromatic rings. The summed E-state index contributed by atoms with van der Waals surface area (Å²) in [6.07, 6.45) is 0. The number of anilines is 1. The van der Waals surface area contributed by atoms with E-state index in [-0.39, 0.29) is 0 Å². The van der Waals surface area contributed by atoms with Crippen molar-refractivity contribution in [3.63, 3.8) is 0 Å². The molecule has 0 saturated carbocycles. The third-order valence-electron chi connectivity index (χ3n) is 2.73. The number of thiophene rings is 1. The Morgan fingerprint density at radius 2 is 2.06 bits per heavy atom. The molecule has 4 heteroatoms. The number of halogens is 1. The molecule has 2 nitrogen and oxygen atoms in total. The standard InChI is InChI=1S/C13H11BrN2S/c1-7-5-9(14)3-4-10(7)13-8(2)12(16)11(6-15)17-13/h3-5H,16H2,1-2H3. The number of hydrogen-bond donors (Lipinski definition) is 1. The summed E-state index contributed by atoms with van der Waals surface area (Å²) in [5.74, 6) is 0. The lowest BCUT2D eigenvalue weighted by Crippen LogP contribution is -1.88. The minimum atomic E-state index is 0.597. The minimum absolute atomic E-state index is 0.597. The van der Waals surface area contributed by atoms with Crippen molar-refractivity contribution in [2.45, 2.75) is 13.8 Å². The number of hydrogen-bond acceptors (Lipinski definition) is 3. The molecule has 0 unspecified atom stereocenters. The van der Waals surface area contributed by atoms with E-state index in [0.717, 1.165) is 20.5 Å². The highest BCUT2D eigenvalue weighted by atomic mass is 79.9. The normalized spacial score (nSPS) is 10.2. The highest BCUT2D eigenvalue weighted by Gasteiger charge is 2.15. The second-order valence-corrected chi connectivity index (χ2v) is 5.81. The Labute approximate surface area is 113 Å². The van der Waals surface area contributed by atoms with Crippen LogP contribution in [0.4, 0.5) is 5.69 Å². The number of aryl methyl sites for hydroxylation is 1. The van der Waals surface area contributed by atoms with Gasteiger partial charge in [-0.1, -0.05) is 22.0 Å². The number of nitrogens with two attached hydrogens (primary N) is 1. The molecular weight excluding hydrogens is 296 g/mol. The fourth-order valence-corrected chi connectivity index (χ4v) is 3.34. The van der Waals surface area contributed by atoms with Crippen LogP contribution in [0.15, 0.2) is 22.7 Å². The zero-order chi connectivity index (χ0) is 12.6. The molecule has 0 radical (unpaired) electrons. The van der Waals surface area contributed by atoms with E-state index in [1.165, 1.54) is 16.9 Å². The largest absolute Gasteiger partial charge is 0.397 e. The Bertz CT molecular complexity index is 623. The van der Waals surface area contributed by atoms with Crippen molar-refractivity contribution in [1.82, 2.24) is 0 Å². The fraction of sp³-hybridized carbons (Fsp3) is 0.154. The van der Waals surface area contributed by atoms with Crippen molar-refractivity contribution in [1.29, 1.82) is 5.26 Å². The molecule has 0 aliphatic rings. The topological polar surface area (TPSA) is 49.8 Å². The zero-order valence-electron chi connectivity index (χ0n) is 9.54. The highest BCUT2D eigenvalue weighted by Crippen LogP contribution is 2.39. The van der Waals surface area contributed by atoms with Crippen LogP contribution in [0.25, 0.3) is 10.4 Å². The van der Waals surface area contributed by atoms with Crippen molar-refractivity contribution in [3.8, 4) is 16.5 Å². The predicted molar refractivity (Wildman–Crippen MR) is 76.1 cm³/mol. The summed E-state index contributed by atoms with van der Waals surface area (Å²) in [5, 5.41) is 8.99. The molecule has 0 bridgehead atoms. The van der Waals surface area contributed by atoms with Crippen LogP contribution in [0, 0.1) is 25.2 Å². The van der Waals surface area contributed by atoms with Crippen molar-refractivity contribution >= 4 is 33.0 Å². The van der Waals surface area contributed by atoms with E-state index >= 15 is 0 Å². The second-order valence-electron chi connectivity index (χ2n) is 3.87. The lowest BCUT2D eigenvalue weighted by molar-refractivity contribution is 1.43. The average Bonchev–Trinajstić information content (AvgIpc) is 2.57. The van der Waals surface area contributed by atoms with Gasteiger partial charge in [-0.05, 0) is 42.7 Å². The molecule has 1 aromatic heterocycles. The van der Waals surface area contributed by atoms with Gasteiger partial charge in [-0.2, -0.15) is 5.26 Å². The summed E-state index contributed by atoms with van der Waals surface area (Å²) in [4.78, 5) is 1.68. The van der Waals surface area contributed by atoms with E-state index in [4.69, 9.17) is 11.0 Å². The lowest BCUT2D eigenvalue weighted by Gasteiger charge is -2.05. The summed E-state index contributed by atoms with van der Waals surface area (Å²) in [5.41, 5.74) is 9.83. The molecule has 0 fully saturated rings. The fourth-order valence-electron chi connectivity index (χ4n) is 1.75. The maximum absolute atomic E-state index is 8.99. The first-order valence-electron chi connectivity index (χ1n) is 5.10. The van der Waals surface area contributed by atoms with Crippen LogP contribution in [-0.2, 0) is 0 Å². The highest BCUT2D eigenvalue weighted by molar-refractivity contribution is 9.10. The first kappa shape index (κ1) is 12.2. The lowest BCUT2D eigenvalue weighted by atomic mass is 10.0.